The van der Waals surface area contributed by atoms with E-state index in [9.17, 15) is 4.79 Å². The number of fused-ring (bicyclic) bond motifs is 1. The first-order valence-electron chi connectivity index (χ1n) is 4.11. The minimum absolute atomic E-state index is 0.250. The second kappa shape index (κ2) is 2.62. The molecule has 0 fully saturated rings. The van der Waals surface area contributed by atoms with Crippen molar-refractivity contribution in [3.63, 3.8) is 0 Å². The molecule has 12 heavy (non-hydrogen) atoms. The van der Waals surface area contributed by atoms with Crippen LogP contribution in [0.2, 0.25) is 0 Å². The van der Waals surface area contributed by atoms with Gasteiger partial charge in [-0.15, -0.1) is 0 Å². The summed E-state index contributed by atoms with van der Waals surface area (Å²) in [6, 6.07) is 0. The zero-order valence-corrected chi connectivity index (χ0v) is 6.98. The summed E-state index contributed by atoms with van der Waals surface area (Å²) in [4.78, 5) is 17.6. The van der Waals surface area contributed by atoms with Crippen molar-refractivity contribution in [1.29, 1.82) is 0 Å². The molecular weight excluding hydrogens is 154 g/mol. The zero-order chi connectivity index (χ0) is 8.55. The molecule has 1 aromatic heterocycles. The van der Waals surface area contributed by atoms with Crippen LogP contribution < -0.4 is 11.0 Å². The highest BCUT2D eigenvalue weighted by molar-refractivity contribution is 5.47. The number of hydrogen-bond donors (Lipinski definition) is 2. The minimum atomic E-state index is -0.250. The second-order valence-electron chi connectivity index (χ2n) is 2.95. The van der Waals surface area contributed by atoms with E-state index in [1.54, 1.807) is 7.05 Å². The molecule has 1 aromatic rings. The molecule has 64 valence electrons. The molecule has 1 aliphatic carbocycles. The van der Waals surface area contributed by atoms with E-state index in [1.165, 1.54) is 5.56 Å². The van der Waals surface area contributed by atoms with E-state index in [-0.39, 0.29) is 5.69 Å². The quantitative estimate of drug-likeness (QED) is 0.629. The first-order chi connectivity index (χ1) is 5.81. The Labute approximate surface area is 70.0 Å². The monoisotopic (exact) mass is 165 g/mol. The molecule has 2 N–H and O–H groups in total. The SMILES string of the molecule is CNc1nc(=O)[nH]c2c1CCC2. The third kappa shape index (κ3) is 0.995. The second-order valence-corrected chi connectivity index (χ2v) is 2.95. The Balaban J connectivity index is 2.62. The van der Waals surface area contributed by atoms with E-state index >= 15 is 0 Å². The lowest BCUT2D eigenvalue weighted by atomic mass is 10.2. The van der Waals surface area contributed by atoms with Gasteiger partial charge in [-0.2, -0.15) is 4.98 Å². The van der Waals surface area contributed by atoms with E-state index in [0.29, 0.717) is 0 Å². The number of rotatable bonds is 1. The molecule has 0 aromatic carbocycles. The van der Waals surface area contributed by atoms with Crippen LogP contribution >= 0.6 is 0 Å². The normalized spacial score (nSPS) is 14.4. The molecule has 2 rings (SSSR count). The molecular formula is C8H11N3O. The van der Waals surface area contributed by atoms with Gasteiger partial charge in [0.15, 0.2) is 0 Å². The van der Waals surface area contributed by atoms with E-state index in [0.717, 1.165) is 30.8 Å². The van der Waals surface area contributed by atoms with E-state index in [4.69, 9.17) is 0 Å². The topological polar surface area (TPSA) is 57.8 Å². The number of hydrogen-bond acceptors (Lipinski definition) is 3. The first-order valence-corrected chi connectivity index (χ1v) is 4.11. The number of H-pyrrole nitrogens is 1. The van der Waals surface area contributed by atoms with Gasteiger partial charge in [0.25, 0.3) is 0 Å². The molecule has 0 spiro atoms. The summed E-state index contributed by atoms with van der Waals surface area (Å²) in [6.07, 6.45) is 3.11. The molecule has 0 atom stereocenters. The van der Waals surface area contributed by atoms with Crippen LogP contribution in [0, 0.1) is 0 Å². The Morgan fingerprint density at radius 1 is 1.50 bits per heavy atom. The van der Waals surface area contributed by atoms with Crippen LogP contribution in [0.15, 0.2) is 4.79 Å². The molecule has 4 nitrogen and oxygen atoms in total. The molecule has 4 heteroatoms. The van der Waals surface area contributed by atoms with Gasteiger partial charge in [-0.05, 0) is 19.3 Å². The van der Waals surface area contributed by atoms with Crippen LogP contribution in [0.25, 0.3) is 0 Å². The maximum absolute atomic E-state index is 11.0. The highest BCUT2D eigenvalue weighted by atomic mass is 16.1. The lowest BCUT2D eigenvalue weighted by molar-refractivity contribution is 0.895. The first kappa shape index (κ1) is 7.34. The van der Waals surface area contributed by atoms with Crippen LogP contribution in [-0.2, 0) is 12.8 Å². The molecule has 0 unspecified atom stereocenters. The Morgan fingerprint density at radius 3 is 3.08 bits per heavy atom. The maximum Gasteiger partial charge on any atom is 0.347 e. The number of nitrogens with zero attached hydrogens (tertiary/aromatic N) is 1. The number of aryl methyl sites for hydroxylation is 1. The zero-order valence-electron chi connectivity index (χ0n) is 6.98. The van der Waals surface area contributed by atoms with E-state index in [2.05, 4.69) is 15.3 Å². The fourth-order valence-electron chi connectivity index (χ4n) is 1.68. The third-order valence-electron chi connectivity index (χ3n) is 2.21. The molecule has 0 saturated heterocycles. The average Bonchev–Trinajstić information content (AvgIpc) is 2.50. The Bertz CT molecular complexity index is 356. The van der Waals surface area contributed by atoms with Crippen molar-refractivity contribution >= 4 is 5.82 Å². The predicted octanol–water partition coefficient (Wildman–Crippen LogP) is 0.300. The number of aromatic nitrogens is 2. The van der Waals surface area contributed by atoms with Crippen LogP contribution in [0.3, 0.4) is 0 Å². The van der Waals surface area contributed by atoms with Gasteiger partial charge in [0.2, 0.25) is 0 Å². The van der Waals surface area contributed by atoms with Crippen molar-refractivity contribution in [3.8, 4) is 0 Å². The number of nitrogens with one attached hydrogen (secondary N) is 2. The van der Waals surface area contributed by atoms with Crippen molar-refractivity contribution < 1.29 is 0 Å². The van der Waals surface area contributed by atoms with Crippen LogP contribution in [0.4, 0.5) is 5.82 Å². The summed E-state index contributed by atoms with van der Waals surface area (Å²) in [5.41, 5.74) is 1.98. The molecule has 0 amide bonds. The van der Waals surface area contributed by atoms with E-state index in [1.807, 2.05) is 0 Å². The van der Waals surface area contributed by atoms with Crippen molar-refractivity contribution in [2.45, 2.75) is 19.3 Å². The van der Waals surface area contributed by atoms with Gasteiger partial charge in [0.1, 0.15) is 5.82 Å². The molecule has 1 aliphatic rings. The lowest BCUT2D eigenvalue weighted by Gasteiger charge is -2.04. The summed E-state index contributed by atoms with van der Waals surface area (Å²) >= 11 is 0. The summed E-state index contributed by atoms with van der Waals surface area (Å²) < 4.78 is 0. The Hall–Kier alpha value is -1.32. The average molecular weight is 165 g/mol. The van der Waals surface area contributed by atoms with Gasteiger partial charge in [-0.25, -0.2) is 4.79 Å². The summed E-state index contributed by atoms with van der Waals surface area (Å²) in [6.45, 7) is 0. The van der Waals surface area contributed by atoms with Crippen LogP contribution in [-0.4, -0.2) is 17.0 Å². The van der Waals surface area contributed by atoms with Gasteiger partial charge in [0, 0.05) is 18.3 Å². The van der Waals surface area contributed by atoms with Crippen molar-refractivity contribution in [1.82, 2.24) is 9.97 Å². The fourth-order valence-corrected chi connectivity index (χ4v) is 1.68. The van der Waals surface area contributed by atoms with Gasteiger partial charge < -0.3 is 10.3 Å². The predicted molar refractivity (Wildman–Crippen MR) is 46.4 cm³/mol. The molecule has 0 saturated carbocycles. The van der Waals surface area contributed by atoms with E-state index < -0.39 is 0 Å². The minimum Gasteiger partial charge on any atom is -0.373 e. The molecule has 0 aliphatic heterocycles. The Morgan fingerprint density at radius 2 is 2.33 bits per heavy atom. The lowest BCUT2D eigenvalue weighted by Crippen LogP contribution is -2.15. The Kier molecular flexibility index (Phi) is 1.60. The van der Waals surface area contributed by atoms with Crippen molar-refractivity contribution in [2.24, 2.45) is 0 Å². The molecule has 0 bridgehead atoms. The molecule has 0 radical (unpaired) electrons. The largest absolute Gasteiger partial charge is 0.373 e. The van der Waals surface area contributed by atoms with Crippen LogP contribution in [0.5, 0.6) is 0 Å². The number of aromatic amines is 1. The van der Waals surface area contributed by atoms with Crippen LogP contribution in [0.1, 0.15) is 17.7 Å². The highest BCUT2D eigenvalue weighted by Gasteiger charge is 2.16. The van der Waals surface area contributed by atoms with Gasteiger partial charge in [-0.3, -0.25) is 0 Å². The maximum atomic E-state index is 11.0. The standard InChI is InChI=1S/C8H11N3O/c1-9-7-5-3-2-4-6(5)10-8(12)11-7/h2-4H2,1H3,(H2,9,10,11,12). The number of anilines is 1. The smallest absolute Gasteiger partial charge is 0.347 e. The third-order valence-corrected chi connectivity index (χ3v) is 2.21. The van der Waals surface area contributed by atoms with Gasteiger partial charge >= 0.3 is 5.69 Å². The molecule has 1 heterocycles. The van der Waals surface area contributed by atoms with Gasteiger partial charge in [-0.1, -0.05) is 0 Å². The highest BCUT2D eigenvalue weighted by Crippen LogP contribution is 2.23. The fraction of sp³-hybridized carbons (Fsp3) is 0.500. The summed E-state index contributed by atoms with van der Waals surface area (Å²) in [5.74, 6) is 0.742. The summed E-state index contributed by atoms with van der Waals surface area (Å²) in [5, 5.41) is 2.94. The van der Waals surface area contributed by atoms with Gasteiger partial charge in [0.05, 0.1) is 0 Å². The van der Waals surface area contributed by atoms with Crippen molar-refractivity contribution in [3.05, 3.63) is 21.7 Å². The summed E-state index contributed by atoms with van der Waals surface area (Å²) in [7, 11) is 1.79. The van der Waals surface area contributed by atoms with Crippen molar-refractivity contribution in [2.75, 3.05) is 12.4 Å².